The van der Waals surface area contributed by atoms with E-state index in [0.717, 1.165) is 19.0 Å². The van der Waals surface area contributed by atoms with Crippen LogP contribution in [0, 0.1) is 11.3 Å². The molecule has 0 amide bonds. The summed E-state index contributed by atoms with van der Waals surface area (Å²) in [6, 6.07) is 0. The topological polar surface area (TPSA) is 38.0 Å². The van der Waals surface area contributed by atoms with Gasteiger partial charge in [-0.05, 0) is 37.6 Å². The SMILES string of the molecule is CCC(CC)CNC(C)(CN)C1(C)CC1. The molecule has 0 aliphatic heterocycles. The summed E-state index contributed by atoms with van der Waals surface area (Å²) >= 11 is 0. The molecule has 0 saturated heterocycles. The maximum Gasteiger partial charge on any atom is 0.0329 e. The van der Waals surface area contributed by atoms with E-state index in [-0.39, 0.29) is 5.54 Å². The number of nitrogens with two attached hydrogens (primary N) is 1. The second-order valence-electron chi connectivity index (χ2n) is 5.66. The molecular weight excluding hydrogens is 184 g/mol. The molecule has 1 aliphatic carbocycles. The molecule has 0 aromatic heterocycles. The first kappa shape index (κ1) is 13.0. The van der Waals surface area contributed by atoms with Crippen LogP contribution in [0.1, 0.15) is 53.4 Å². The van der Waals surface area contributed by atoms with E-state index in [2.05, 4.69) is 33.0 Å². The van der Waals surface area contributed by atoms with Gasteiger partial charge in [0.25, 0.3) is 0 Å². The Labute approximate surface area is 95.0 Å². The molecule has 15 heavy (non-hydrogen) atoms. The Morgan fingerprint density at radius 1 is 1.33 bits per heavy atom. The second kappa shape index (κ2) is 4.84. The summed E-state index contributed by atoms with van der Waals surface area (Å²) in [5.41, 5.74) is 6.54. The summed E-state index contributed by atoms with van der Waals surface area (Å²) in [7, 11) is 0. The Morgan fingerprint density at radius 3 is 2.20 bits per heavy atom. The van der Waals surface area contributed by atoms with Crippen LogP contribution >= 0.6 is 0 Å². The van der Waals surface area contributed by atoms with E-state index in [0.29, 0.717) is 5.41 Å². The van der Waals surface area contributed by atoms with E-state index in [1.54, 1.807) is 0 Å². The molecule has 1 unspecified atom stereocenters. The fourth-order valence-electron chi connectivity index (χ4n) is 2.22. The molecule has 0 heterocycles. The largest absolute Gasteiger partial charge is 0.329 e. The minimum Gasteiger partial charge on any atom is -0.329 e. The third kappa shape index (κ3) is 2.73. The summed E-state index contributed by atoms with van der Waals surface area (Å²) in [6.07, 6.45) is 5.19. The Hall–Kier alpha value is -0.0800. The van der Waals surface area contributed by atoms with Crippen LogP contribution in [0.2, 0.25) is 0 Å². The summed E-state index contributed by atoms with van der Waals surface area (Å²) in [5, 5.41) is 3.73. The van der Waals surface area contributed by atoms with E-state index in [4.69, 9.17) is 5.73 Å². The third-order valence-corrected chi connectivity index (χ3v) is 4.68. The van der Waals surface area contributed by atoms with Crippen LogP contribution in [0.15, 0.2) is 0 Å². The van der Waals surface area contributed by atoms with Gasteiger partial charge in [0.2, 0.25) is 0 Å². The average molecular weight is 212 g/mol. The van der Waals surface area contributed by atoms with Gasteiger partial charge in [0.05, 0.1) is 0 Å². The van der Waals surface area contributed by atoms with Crippen LogP contribution in [-0.4, -0.2) is 18.6 Å². The zero-order chi connectivity index (χ0) is 11.5. The van der Waals surface area contributed by atoms with Crippen LogP contribution < -0.4 is 11.1 Å². The van der Waals surface area contributed by atoms with Gasteiger partial charge < -0.3 is 11.1 Å². The smallest absolute Gasteiger partial charge is 0.0329 e. The zero-order valence-corrected chi connectivity index (χ0v) is 10.9. The first-order valence-corrected chi connectivity index (χ1v) is 6.46. The van der Waals surface area contributed by atoms with Crippen molar-refractivity contribution in [1.82, 2.24) is 5.32 Å². The molecule has 0 radical (unpaired) electrons. The van der Waals surface area contributed by atoms with Crippen LogP contribution in [0.4, 0.5) is 0 Å². The third-order valence-electron chi connectivity index (χ3n) is 4.68. The van der Waals surface area contributed by atoms with Gasteiger partial charge in [-0.1, -0.05) is 33.6 Å². The first-order chi connectivity index (χ1) is 7.01. The summed E-state index contributed by atoms with van der Waals surface area (Å²) in [4.78, 5) is 0. The average Bonchev–Trinajstić information content (AvgIpc) is 2.99. The van der Waals surface area contributed by atoms with Gasteiger partial charge in [-0.25, -0.2) is 0 Å². The fraction of sp³-hybridized carbons (Fsp3) is 1.00. The van der Waals surface area contributed by atoms with Crippen molar-refractivity contribution >= 4 is 0 Å². The van der Waals surface area contributed by atoms with Crippen molar-refractivity contribution in [2.24, 2.45) is 17.1 Å². The van der Waals surface area contributed by atoms with E-state index < -0.39 is 0 Å². The minimum atomic E-state index is 0.148. The molecule has 1 fully saturated rings. The van der Waals surface area contributed by atoms with Gasteiger partial charge in [0, 0.05) is 12.1 Å². The van der Waals surface area contributed by atoms with Crippen LogP contribution in [-0.2, 0) is 0 Å². The molecule has 0 aromatic rings. The van der Waals surface area contributed by atoms with Crippen molar-refractivity contribution < 1.29 is 0 Å². The molecule has 1 aliphatic rings. The van der Waals surface area contributed by atoms with E-state index in [1.165, 1.54) is 25.7 Å². The summed E-state index contributed by atoms with van der Waals surface area (Å²) in [6.45, 7) is 11.1. The molecular formula is C13H28N2. The van der Waals surface area contributed by atoms with Gasteiger partial charge >= 0.3 is 0 Å². The van der Waals surface area contributed by atoms with Crippen molar-refractivity contribution in [1.29, 1.82) is 0 Å². The minimum absolute atomic E-state index is 0.148. The Bertz CT molecular complexity index is 195. The van der Waals surface area contributed by atoms with Crippen LogP contribution in [0.5, 0.6) is 0 Å². The molecule has 0 aromatic carbocycles. The monoisotopic (exact) mass is 212 g/mol. The van der Waals surface area contributed by atoms with E-state index >= 15 is 0 Å². The molecule has 3 N–H and O–H groups in total. The zero-order valence-electron chi connectivity index (χ0n) is 10.9. The van der Waals surface area contributed by atoms with Crippen molar-refractivity contribution in [2.45, 2.75) is 58.9 Å². The van der Waals surface area contributed by atoms with Crippen LogP contribution in [0.25, 0.3) is 0 Å². The van der Waals surface area contributed by atoms with E-state index in [9.17, 15) is 0 Å². The fourth-order valence-corrected chi connectivity index (χ4v) is 2.22. The van der Waals surface area contributed by atoms with Crippen LogP contribution in [0.3, 0.4) is 0 Å². The normalized spacial score (nSPS) is 22.8. The van der Waals surface area contributed by atoms with Crippen molar-refractivity contribution in [3.63, 3.8) is 0 Å². The van der Waals surface area contributed by atoms with E-state index in [1.807, 2.05) is 0 Å². The number of nitrogens with one attached hydrogen (secondary N) is 1. The molecule has 2 heteroatoms. The first-order valence-electron chi connectivity index (χ1n) is 6.46. The van der Waals surface area contributed by atoms with Crippen molar-refractivity contribution in [2.75, 3.05) is 13.1 Å². The van der Waals surface area contributed by atoms with Gasteiger partial charge in [-0.15, -0.1) is 0 Å². The van der Waals surface area contributed by atoms with Gasteiger partial charge in [0.15, 0.2) is 0 Å². The molecule has 1 saturated carbocycles. The van der Waals surface area contributed by atoms with Gasteiger partial charge in [0.1, 0.15) is 0 Å². The second-order valence-corrected chi connectivity index (χ2v) is 5.66. The Kier molecular flexibility index (Phi) is 4.19. The molecule has 1 atom stereocenters. The molecule has 0 spiro atoms. The molecule has 2 nitrogen and oxygen atoms in total. The maximum absolute atomic E-state index is 5.94. The Balaban J connectivity index is 2.46. The highest BCUT2D eigenvalue weighted by molar-refractivity contribution is 5.08. The lowest BCUT2D eigenvalue weighted by Gasteiger charge is -2.37. The predicted molar refractivity (Wildman–Crippen MR) is 66.9 cm³/mol. The lowest BCUT2D eigenvalue weighted by molar-refractivity contribution is 0.216. The number of hydrogen-bond acceptors (Lipinski definition) is 2. The van der Waals surface area contributed by atoms with Crippen molar-refractivity contribution in [3.8, 4) is 0 Å². The highest BCUT2D eigenvalue weighted by atomic mass is 15.0. The quantitative estimate of drug-likeness (QED) is 0.680. The Morgan fingerprint density at radius 2 is 1.87 bits per heavy atom. The lowest BCUT2D eigenvalue weighted by atomic mass is 9.83. The van der Waals surface area contributed by atoms with Gasteiger partial charge in [-0.3, -0.25) is 0 Å². The number of rotatable bonds is 7. The van der Waals surface area contributed by atoms with Gasteiger partial charge in [-0.2, -0.15) is 0 Å². The molecule has 0 bridgehead atoms. The molecule has 90 valence electrons. The predicted octanol–water partition coefficient (Wildman–Crippen LogP) is 2.53. The highest BCUT2D eigenvalue weighted by Gasteiger charge is 2.51. The molecule has 1 rings (SSSR count). The lowest BCUT2D eigenvalue weighted by Crippen LogP contribution is -2.55. The summed E-state index contributed by atoms with van der Waals surface area (Å²) in [5.74, 6) is 0.804. The standard InChI is InChI=1S/C13H28N2/c1-5-11(6-2)9-15-13(4,10-14)12(3)7-8-12/h11,15H,5-10,14H2,1-4H3. The maximum atomic E-state index is 5.94. The van der Waals surface area contributed by atoms with Crippen molar-refractivity contribution in [3.05, 3.63) is 0 Å². The summed E-state index contributed by atoms with van der Waals surface area (Å²) < 4.78 is 0. The number of hydrogen-bond donors (Lipinski definition) is 2. The highest BCUT2D eigenvalue weighted by Crippen LogP contribution is 2.53.